The van der Waals surface area contributed by atoms with Crippen molar-refractivity contribution in [1.82, 2.24) is 0 Å². The van der Waals surface area contributed by atoms with Gasteiger partial charge in [-0.05, 0) is 17.7 Å². The Labute approximate surface area is 86.0 Å². The molecular formula is C7H4Br2ClF. The maximum Gasteiger partial charge on any atom is 0.124 e. The zero-order valence-electron chi connectivity index (χ0n) is 5.32. The van der Waals surface area contributed by atoms with Gasteiger partial charge in [-0.2, -0.15) is 0 Å². The molecule has 0 amide bonds. The topological polar surface area (TPSA) is 0 Å². The Hall–Kier alpha value is 0.400. The second-order valence-electron chi connectivity index (χ2n) is 1.97. The molecule has 0 saturated carbocycles. The minimum Gasteiger partial charge on any atom is -0.207 e. The third-order valence-electron chi connectivity index (χ3n) is 1.20. The monoisotopic (exact) mass is 300 g/mol. The fourth-order valence-corrected chi connectivity index (χ4v) is 2.02. The number of rotatable bonds is 1. The van der Waals surface area contributed by atoms with E-state index in [1.54, 1.807) is 6.07 Å². The molecule has 0 nitrogen and oxygen atoms in total. The van der Waals surface area contributed by atoms with Crippen molar-refractivity contribution in [3.8, 4) is 0 Å². The summed E-state index contributed by atoms with van der Waals surface area (Å²) in [4.78, 5) is 0. The maximum absolute atomic E-state index is 12.5. The van der Waals surface area contributed by atoms with Crippen LogP contribution in [0.15, 0.2) is 18.2 Å². The number of hydrogen-bond acceptors (Lipinski definition) is 0. The molecule has 4 heteroatoms. The van der Waals surface area contributed by atoms with Crippen molar-refractivity contribution in [3.05, 3.63) is 34.6 Å². The van der Waals surface area contributed by atoms with E-state index >= 15 is 0 Å². The van der Waals surface area contributed by atoms with E-state index in [2.05, 4.69) is 31.9 Å². The van der Waals surface area contributed by atoms with Gasteiger partial charge in [-0.1, -0.05) is 49.5 Å². The van der Waals surface area contributed by atoms with Crippen LogP contribution < -0.4 is 0 Å². The summed E-state index contributed by atoms with van der Waals surface area (Å²) in [5.41, 5.74) is 0.827. The fraction of sp³-hybridized carbons (Fsp3) is 0.143. The Balaban J connectivity index is 3.09. The zero-order chi connectivity index (χ0) is 8.43. The van der Waals surface area contributed by atoms with E-state index in [0.29, 0.717) is 5.02 Å². The molecule has 1 rings (SSSR count). The minimum absolute atomic E-state index is 0.0249. The van der Waals surface area contributed by atoms with Gasteiger partial charge in [0, 0.05) is 5.02 Å². The maximum atomic E-state index is 12.5. The number of hydrogen-bond donors (Lipinski definition) is 0. The summed E-state index contributed by atoms with van der Waals surface area (Å²) in [7, 11) is 0. The molecule has 0 N–H and O–H groups in total. The highest BCUT2D eigenvalue weighted by Crippen LogP contribution is 2.34. The van der Waals surface area contributed by atoms with E-state index in [1.807, 2.05) is 0 Å². The normalized spacial score (nSPS) is 10.6. The molecule has 0 saturated heterocycles. The van der Waals surface area contributed by atoms with Crippen LogP contribution in [0.1, 0.15) is 9.30 Å². The van der Waals surface area contributed by atoms with Gasteiger partial charge in [0.1, 0.15) is 5.82 Å². The van der Waals surface area contributed by atoms with Crippen LogP contribution in [-0.2, 0) is 0 Å². The van der Waals surface area contributed by atoms with Crippen LogP contribution in [-0.4, -0.2) is 0 Å². The third-order valence-corrected chi connectivity index (χ3v) is 2.51. The highest BCUT2D eigenvalue weighted by atomic mass is 79.9. The predicted octanol–water partition coefficient (Wildman–Crippen LogP) is 4.27. The first-order valence-corrected chi connectivity index (χ1v) is 5.05. The Bertz CT molecular complexity index is 263. The van der Waals surface area contributed by atoms with E-state index in [-0.39, 0.29) is 9.55 Å². The molecule has 0 aliphatic carbocycles. The molecule has 0 spiro atoms. The second kappa shape index (κ2) is 3.87. The lowest BCUT2D eigenvalue weighted by atomic mass is 10.2. The summed E-state index contributed by atoms with van der Waals surface area (Å²) in [5.74, 6) is -0.320. The van der Waals surface area contributed by atoms with Gasteiger partial charge in [-0.3, -0.25) is 0 Å². The van der Waals surface area contributed by atoms with Crippen molar-refractivity contribution >= 4 is 43.5 Å². The van der Waals surface area contributed by atoms with Crippen LogP contribution in [0.2, 0.25) is 5.02 Å². The smallest absolute Gasteiger partial charge is 0.124 e. The molecule has 0 aliphatic rings. The first-order valence-electron chi connectivity index (χ1n) is 2.84. The van der Waals surface area contributed by atoms with Crippen LogP contribution >= 0.6 is 43.5 Å². The third kappa shape index (κ3) is 2.42. The van der Waals surface area contributed by atoms with Gasteiger partial charge >= 0.3 is 0 Å². The molecule has 0 aliphatic heterocycles. The number of halogens is 4. The zero-order valence-corrected chi connectivity index (χ0v) is 9.25. The lowest BCUT2D eigenvalue weighted by Gasteiger charge is -2.03. The number of benzene rings is 1. The van der Waals surface area contributed by atoms with Gasteiger partial charge in [0.25, 0.3) is 0 Å². The summed E-state index contributed by atoms with van der Waals surface area (Å²) in [6.07, 6.45) is 0. The Kier molecular flexibility index (Phi) is 3.34. The van der Waals surface area contributed by atoms with E-state index in [0.717, 1.165) is 5.56 Å². The summed E-state index contributed by atoms with van der Waals surface area (Å²) in [5, 5.41) is 0.420. The van der Waals surface area contributed by atoms with Crippen molar-refractivity contribution in [1.29, 1.82) is 0 Å². The first-order chi connectivity index (χ1) is 5.11. The summed E-state index contributed by atoms with van der Waals surface area (Å²) >= 11 is 12.3. The standard InChI is InChI=1S/C7H4Br2ClF/c8-7(9)5-2-1-4(11)3-6(5)10/h1-3,7H. The minimum atomic E-state index is -0.320. The highest BCUT2D eigenvalue weighted by molar-refractivity contribution is 9.24. The molecule has 0 fully saturated rings. The van der Waals surface area contributed by atoms with Crippen LogP contribution in [0.25, 0.3) is 0 Å². The van der Waals surface area contributed by atoms with Crippen LogP contribution in [0.4, 0.5) is 4.39 Å². The van der Waals surface area contributed by atoms with Gasteiger partial charge in [0.05, 0.1) is 3.74 Å². The van der Waals surface area contributed by atoms with Gasteiger partial charge in [0.15, 0.2) is 0 Å². The Morgan fingerprint density at radius 3 is 2.45 bits per heavy atom. The van der Waals surface area contributed by atoms with E-state index in [1.165, 1.54) is 12.1 Å². The van der Waals surface area contributed by atoms with Crippen LogP contribution in [0.3, 0.4) is 0 Å². The average Bonchev–Trinajstić information content (AvgIpc) is 1.85. The molecule has 0 radical (unpaired) electrons. The first kappa shape index (κ1) is 9.49. The highest BCUT2D eigenvalue weighted by Gasteiger charge is 2.07. The molecular weight excluding hydrogens is 298 g/mol. The van der Waals surface area contributed by atoms with Crippen molar-refractivity contribution in [2.45, 2.75) is 3.74 Å². The van der Waals surface area contributed by atoms with Crippen LogP contribution in [0.5, 0.6) is 0 Å². The lowest BCUT2D eigenvalue weighted by molar-refractivity contribution is 0.627. The van der Waals surface area contributed by atoms with Gasteiger partial charge in [-0.25, -0.2) is 4.39 Å². The molecule has 0 unspecified atom stereocenters. The molecule has 11 heavy (non-hydrogen) atoms. The molecule has 1 aromatic rings. The van der Waals surface area contributed by atoms with E-state index in [9.17, 15) is 4.39 Å². The quantitative estimate of drug-likeness (QED) is 0.680. The molecule has 0 aromatic heterocycles. The van der Waals surface area contributed by atoms with E-state index < -0.39 is 0 Å². The largest absolute Gasteiger partial charge is 0.207 e. The summed E-state index contributed by atoms with van der Waals surface area (Å²) < 4.78 is 12.5. The van der Waals surface area contributed by atoms with Crippen molar-refractivity contribution in [2.75, 3.05) is 0 Å². The molecule has 1 aromatic carbocycles. The predicted molar refractivity (Wildman–Crippen MR) is 52.0 cm³/mol. The van der Waals surface area contributed by atoms with Crippen molar-refractivity contribution < 1.29 is 4.39 Å². The Morgan fingerprint density at radius 2 is 2.00 bits per heavy atom. The van der Waals surface area contributed by atoms with Crippen LogP contribution in [0, 0.1) is 5.82 Å². The van der Waals surface area contributed by atoms with Gasteiger partial charge in [-0.15, -0.1) is 0 Å². The molecule has 60 valence electrons. The average molecular weight is 302 g/mol. The van der Waals surface area contributed by atoms with E-state index in [4.69, 9.17) is 11.6 Å². The molecule has 0 heterocycles. The fourth-order valence-electron chi connectivity index (χ4n) is 0.678. The van der Waals surface area contributed by atoms with Crippen molar-refractivity contribution in [3.63, 3.8) is 0 Å². The van der Waals surface area contributed by atoms with Gasteiger partial charge in [0.2, 0.25) is 0 Å². The summed E-state index contributed by atoms with van der Waals surface area (Å²) in [6, 6.07) is 4.29. The second-order valence-corrected chi connectivity index (χ2v) is 5.43. The lowest BCUT2D eigenvalue weighted by Crippen LogP contribution is -1.83. The number of alkyl halides is 2. The molecule has 0 bridgehead atoms. The SMILES string of the molecule is Fc1ccc(C(Br)Br)c(Cl)c1. The summed E-state index contributed by atoms with van der Waals surface area (Å²) in [6.45, 7) is 0. The van der Waals surface area contributed by atoms with Crippen molar-refractivity contribution in [2.24, 2.45) is 0 Å². The molecule has 0 atom stereocenters. The Morgan fingerprint density at radius 1 is 1.36 bits per heavy atom. The van der Waals surface area contributed by atoms with Gasteiger partial charge < -0.3 is 0 Å².